The van der Waals surface area contributed by atoms with Crippen LogP contribution >= 0.6 is 0 Å². The molecular formula is C20H22N6O. The van der Waals surface area contributed by atoms with E-state index in [1.807, 2.05) is 12.3 Å². The van der Waals surface area contributed by atoms with Crippen molar-refractivity contribution in [3.8, 4) is 17.3 Å². The Hall–Kier alpha value is -2.93. The van der Waals surface area contributed by atoms with E-state index in [1.165, 1.54) is 11.9 Å². The molecular weight excluding hydrogens is 340 g/mol. The molecule has 0 bridgehead atoms. The Balaban J connectivity index is 1.48. The van der Waals surface area contributed by atoms with E-state index in [4.69, 9.17) is 9.72 Å². The Labute approximate surface area is 158 Å². The van der Waals surface area contributed by atoms with Gasteiger partial charge in [-0.25, -0.2) is 24.9 Å². The van der Waals surface area contributed by atoms with Crippen LogP contribution < -0.4 is 4.74 Å². The Bertz CT molecular complexity index is 902. The molecule has 7 nitrogen and oxygen atoms in total. The number of nitrogens with zero attached hydrogens (tertiary/aromatic N) is 6. The zero-order valence-corrected chi connectivity index (χ0v) is 15.4. The summed E-state index contributed by atoms with van der Waals surface area (Å²) in [5, 5.41) is 0. The molecule has 4 heterocycles. The van der Waals surface area contributed by atoms with E-state index in [0.717, 1.165) is 55.2 Å². The van der Waals surface area contributed by atoms with Crippen molar-refractivity contribution in [2.75, 3.05) is 13.2 Å². The fraction of sp³-hybridized carbons (Fsp3) is 0.350. The summed E-state index contributed by atoms with van der Waals surface area (Å²) in [5.41, 5.74) is 4.24. The average molecular weight is 362 g/mol. The van der Waals surface area contributed by atoms with E-state index in [0.29, 0.717) is 12.4 Å². The fourth-order valence-electron chi connectivity index (χ4n) is 3.18. The topological polar surface area (TPSA) is 76.9 Å². The monoisotopic (exact) mass is 362 g/mol. The molecule has 0 radical (unpaired) electrons. The van der Waals surface area contributed by atoms with Crippen LogP contribution in [-0.4, -0.2) is 43.0 Å². The Morgan fingerprint density at radius 3 is 2.89 bits per heavy atom. The summed E-state index contributed by atoms with van der Waals surface area (Å²) in [7, 11) is 0. The molecule has 0 N–H and O–H groups in total. The third-order valence-corrected chi connectivity index (χ3v) is 4.52. The van der Waals surface area contributed by atoms with Crippen LogP contribution in [0.1, 0.15) is 30.2 Å². The third kappa shape index (κ3) is 4.09. The van der Waals surface area contributed by atoms with E-state index in [1.54, 1.807) is 18.6 Å². The first kappa shape index (κ1) is 17.5. The number of hydrogen-bond donors (Lipinski definition) is 0. The molecule has 1 aliphatic rings. The minimum atomic E-state index is 0.685. The van der Waals surface area contributed by atoms with Gasteiger partial charge >= 0.3 is 0 Å². The molecule has 0 aromatic carbocycles. The number of ether oxygens (including phenoxy) is 1. The molecule has 0 spiro atoms. The lowest BCUT2D eigenvalue weighted by Gasteiger charge is -2.28. The standard InChI is InChI=1S/C20H22N6O/c1-2-8-27-20-15(4-3-6-23-20)12-26-7-5-18-17(13-26)11-24-19(25-18)16-9-21-14-22-10-16/h3-4,6,9-11,14H,2,5,7-8,12-13H2,1H3. The van der Waals surface area contributed by atoms with Gasteiger partial charge in [0.25, 0.3) is 0 Å². The fourth-order valence-corrected chi connectivity index (χ4v) is 3.18. The van der Waals surface area contributed by atoms with Gasteiger partial charge < -0.3 is 4.74 Å². The second-order valence-corrected chi connectivity index (χ2v) is 6.57. The van der Waals surface area contributed by atoms with E-state index in [-0.39, 0.29) is 0 Å². The van der Waals surface area contributed by atoms with Gasteiger partial charge in [0, 0.05) is 62.0 Å². The summed E-state index contributed by atoms with van der Waals surface area (Å²) in [5.74, 6) is 1.42. The molecule has 0 unspecified atom stereocenters. The van der Waals surface area contributed by atoms with Crippen molar-refractivity contribution in [2.45, 2.75) is 32.9 Å². The normalized spacial score (nSPS) is 14.0. The molecule has 1 aliphatic heterocycles. The summed E-state index contributed by atoms with van der Waals surface area (Å²) in [6, 6.07) is 4.05. The minimum absolute atomic E-state index is 0.685. The van der Waals surface area contributed by atoms with E-state index in [2.05, 4.69) is 37.8 Å². The maximum atomic E-state index is 5.79. The highest BCUT2D eigenvalue weighted by Crippen LogP contribution is 2.23. The molecule has 0 saturated heterocycles. The first-order chi connectivity index (χ1) is 13.3. The molecule has 27 heavy (non-hydrogen) atoms. The van der Waals surface area contributed by atoms with E-state index < -0.39 is 0 Å². The zero-order chi connectivity index (χ0) is 18.5. The Morgan fingerprint density at radius 1 is 1.15 bits per heavy atom. The van der Waals surface area contributed by atoms with Gasteiger partial charge in [0.15, 0.2) is 5.82 Å². The van der Waals surface area contributed by atoms with Crippen molar-refractivity contribution in [3.63, 3.8) is 0 Å². The van der Waals surface area contributed by atoms with Crippen LogP contribution in [-0.2, 0) is 19.5 Å². The Kier molecular flexibility index (Phi) is 5.29. The van der Waals surface area contributed by atoms with Gasteiger partial charge in [0.1, 0.15) is 6.33 Å². The van der Waals surface area contributed by atoms with Crippen molar-refractivity contribution in [3.05, 3.63) is 60.1 Å². The van der Waals surface area contributed by atoms with Crippen LogP contribution in [0.2, 0.25) is 0 Å². The predicted octanol–water partition coefficient (Wildman–Crippen LogP) is 2.68. The van der Waals surface area contributed by atoms with Crippen molar-refractivity contribution in [1.29, 1.82) is 0 Å². The maximum Gasteiger partial charge on any atom is 0.217 e. The lowest BCUT2D eigenvalue weighted by molar-refractivity contribution is 0.233. The van der Waals surface area contributed by atoms with Crippen molar-refractivity contribution in [2.24, 2.45) is 0 Å². The smallest absolute Gasteiger partial charge is 0.217 e. The molecule has 4 rings (SSSR count). The van der Waals surface area contributed by atoms with Crippen LogP contribution in [0.25, 0.3) is 11.4 Å². The number of rotatable bonds is 6. The minimum Gasteiger partial charge on any atom is -0.477 e. The first-order valence-electron chi connectivity index (χ1n) is 9.22. The zero-order valence-electron chi connectivity index (χ0n) is 15.4. The molecule has 3 aromatic heterocycles. The number of hydrogen-bond acceptors (Lipinski definition) is 7. The molecule has 0 aliphatic carbocycles. The number of fused-ring (bicyclic) bond motifs is 1. The number of aromatic nitrogens is 5. The Morgan fingerprint density at radius 2 is 2.04 bits per heavy atom. The largest absolute Gasteiger partial charge is 0.477 e. The van der Waals surface area contributed by atoms with Gasteiger partial charge in [-0.2, -0.15) is 0 Å². The highest BCUT2D eigenvalue weighted by molar-refractivity contribution is 5.52. The van der Waals surface area contributed by atoms with Gasteiger partial charge in [-0.15, -0.1) is 0 Å². The summed E-state index contributed by atoms with van der Waals surface area (Å²) >= 11 is 0. The first-order valence-corrected chi connectivity index (χ1v) is 9.22. The lowest BCUT2D eigenvalue weighted by atomic mass is 10.1. The molecule has 0 saturated carbocycles. The molecule has 0 amide bonds. The molecule has 0 fully saturated rings. The SMILES string of the molecule is CCCOc1ncccc1CN1CCc2nc(-c3cncnc3)ncc2C1. The van der Waals surface area contributed by atoms with Crippen LogP contribution in [0.15, 0.2) is 43.2 Å². The van der Waals surface area contributed by atoms with Crippen LogP contribution in [0.3, 0.4) is 0 Å². The molecule has 7 heteroatoms. The van der Waals surface area contributed by atoms with Gasteiger partial charge in [-0.1, -0.05) is 13.0 Å². The summed E-state index contributed by atoms with van der Waals surface area (Å²) in [4.78, 5) is 24.1. The van der Waals surface area contributed by atoms with Crippen LogP contribution in [0, 0.1) is 0 Å². The quantitative estimate of drug-likeness (QED) is 0.667. The van der Waals surface area contributed by atoms with Gasteiger partial charge in [0.2, 0.25) is 5.88 Å². The molecule has 0 atom stereocenters. The van der Waals surface area contributed by atoms with Crippen molar-refractivity contribution in [1.82, 2.24) is 29.8 Å². The van der Waals surface area contributed by atoms with E-state index in [9.17, 15) is 0 Å². The second kappa shape index (κ2) is 8.18. The average Bonchev–Trinajstić information content (AvgIpc) is 2.73. The summed E-state index contributed by atoms with van der Waals surface area (Å²) < 4.78 is 5.79. The molecule has 138 valence electrons. The van der Waals surface area contributed by atoms with Crippen LogP contribution in [0.4, 0.5) is 0 Å². The number of pyridine rings is 1. The predicted molar refractivity (Wildman–Crippen MR) is 101 cm³/mol. The van der Waals surface area contributed by atoms with Gasteiger partial charge in [-0.05, 0) is 12.5 Å². The third-order valence-electron chi connectivity index (χ3n) is 4.52. The van der Waals surface area contributed by atoms with Crippen molar-refractivity contribution >= 4 is 0 Å². The summed E-state index contributed by atoms with van der Waals surface area (Å²) in [6.45, 7) is 5.35. The van der Waals surface area contributed by atoms with E-state index >= 15 is 0 Å². The summed E-state index contributed by atoms with van der Waals surface area (Å²) in [6.07, 6.45) is 10.6. The maximum absolute atomic E-state index is 5.79. The molecule has 3 aromatic rings. The highest BCUT2D eigenvalue weighted by Gasteiger charge is 2.20. The van der Waals surface area contributed by atoms with Gasteiger partial charge in [0.05, 0.1) is 17.9 Å². The van der Waals surface area contributed by atoms with Crippen molar-refractivity contribution < 1.29 is 4.74 Å². The van der Waals surface area contributed by atoms with Gasteiger partial charge in [-0.3, -0.25) is 4.90 Å². The highest BCUT2D eigenvalue weighted by atomic mass is 16.5. The van der Waals surface area contributed by atoms with Crippen LogP contribution in [0.5, 0.6) is 5.88 Å². The second-order valence-electron chi connectivity index (χ2n) is 6.57. The lowest BCUT2D eigenvalue weighted by Crippen LogP contribution is -2.31.